The first kappa shape index (κ1) is 15.3. The Morgan fingerprint density at radius 2 is 2.32 bits per heavy atom. The van der Waals surface area contributed by atoms with Crippen molar-refractivity contribution in [3.05, 3.63) is 35.3 Å². The smallest absolute Gasteiger partial charge is 0.185 e. The predicted octanol–water partition coefficient (Wildman–Crippen LogP) is 2.91. The van der Waals surface area contributed by atoms with Crippen molar-refractivity contribution in [3.63, 3.8) is 0 Å². The number of aryl methyl sites for hydroxylation is 1. The van der Waals surface area contributed by atoms with Gasteiger partial charge in [0, 0.05) is 12.8 Å². The highest BCUT2D eigenvalue weighted by molar-refractivity contribution is 5.71. The number of aliphatic hydroxyl groups is 1. The first-order chi connectivity index (χ1) is 9.08. The van der Waals surface area contributed by atoms with Crippen LogP contribution in [0.4, 0.5) is 0 Å². The number of carbonyl (C=O) groups excluding carboxylic acids is 1. The minimum absolute atomic E-state index is 0.0995. The van der Waals surface area contributed by atoms with Crippen LogP contribution < -0.4 is 0 Å². The maximum absolute atomic E-state index is 10.7. The summed E-state index contributed by atoms with van der Waals surface area (Å²) in [5.41, 5.74) is 2.07. The molecule has 0 saturated carbocycles. The average Bonchev–Trinajstić information content (AvgIpc) is 2.73. The lowest BCUT2D eigenvalue weighted by Crippen LogP contribution is -2.05. The molecule has 0 radical (unpaired) electrons. The molecule has 0 aliphatic rings. The van der Waals surface area contributed by atoms with Crippen LogP contribution in [-0.4, -0.2) is 18.0 Å². The molecule has 1 atom stereocenters. The van der Waals surface area contributed by atoms with Gasteiger partial charge in [-0.1, -0.05) is 18.1 Å². The van der Waals surface area contributed by atoms with Crippen LogP contribution in [0.2, 0.25) is 0 Å². The molecule has 1 N–H and O–H groups in total. The van der Waals surface area contributed by atoms with E-state index >= 15 is 0 Å². The highest BCUT2D eigenvalue weighted by Crippen LogP contribution is 2.24. The van der Waals surface area contributed by atoms with E-state index < -0.39 is 0 Å². The Kier molecular flexibility index (Phi) is 6.11. The third-order valence-corrected chi connectivity index (χ3v) is 3.11. The molecule has 102 valence electrons. The van der Waals surface area contributed by atoms with Gasteiger partial charge in [0.25, 0.3) is 0 Å². The van der Waals surface area contributed by atoms with Gasteiger partial charge >= 0.3 is 0 Å². The van der Waals surface area contributed by atoms with Gasteiger partial charge in [-0.15, -0.1) is 5.92 Å². The molecule has 1 aromatic heterocycles. The maximum atomic E-state index is 10.7. The van der Waals surface area contributed by atoms with E-state index in [4.69, 9.17) is 9.52 Å². The molecule has 3 heteroatoms. The summed E-state index contributed by atoms with van der Waals surface area (Å²) in [5, 5.41) is 8.60. The lowest BCUT2D eigenvalue weighted by Gasteiger charge is -2.14. The summed E-state index contributed by atoms with van der Waals surface area (Å²) < 4.78 is 5.49. The zero-order valence-electron chi connectivity index (χ0n) is 11.5. The highest BCUT2D eigenvalue weighted by Gasteiger charge is 2.15. The summed E-state index contributed by atoms with van der Waals surface area (Å²) >= 11 is 0. The van der Waals surface area contributed by atoms with Gasteiger partial charge in [0.05, 0.1) is 0 Å². The molecule has 0 bridgehead atoms. The maximum Gasteiger partial charge on any atom is 0.185 e. The van der Waals surface area contributed by atoms with Gasteiger partial charge < -0.3 is 9.52 Å². The molecule has 19 heavy (non-hydrogen) atoms. The van der Waals surface area contributed by atoms with Crippen molar-refractivity contribution in [2.24, 2.45) is 5.92 Å². The minimum atomic E-state index is -0.0995. The summed E-state index contributed by atoms with van der Waals surface area (Å²) in [6.45, 7) is 7.83. The number of carbonyl (C=O) groups is 1. The SMILES string of the molecule is C=C(C)[C@@H](CCC#CCO)Cc1oc(C=O)cc1C. The number of aliphatic hydroxyl groups excluding tert-OH is 1. The largest absolute Gasteiger partial charge is 0.458 e. The number of allylic oxidation sites excluding steroid dienone is 1. The third-order valence-electron chi connectivity index (χ3n) is 3.11. The van der Waals surface area contributed by atoms with Crippen LogP contribution in [0.3, 0.4) is 0 Å². The second-order valence-electron chi connectivity index (χ2n) is 4.67. The van der Waals surface area contributed by atoms with Crippen molar-refractivity contribution in [1.82, 2.24) is 0 Å². The van der Waals surface area contributed by atoms with Crippen molar-refractivity contribution in [2.45, 2.75) is 33.1 Å². The first-order valence-electron chi connectivity index (χ1n) is 6.35. The number of furan rings is 1. The van der Waals surface area contributed by atoms with Crippen LogP contribution in [0.1, 0.15) is 41.6 Å². The Labute approximate surface area is 114 Å². The van der Waals surface area contributed by atoms with E-state index in [1.54, 1.807) is 6.07 Å². The van der Waals surface area contributed by atoms with Crippen LogP contribution in [0, 0.1) is 24.7 Å². The molecule has 3 nitrogen and oxygen atoms in total. The van der Waals surface area contributed by atoms with Crippen molar-refractivity contribution >= 4 is 6.29 Å². The molecule has 0 amide bonds. The van der Waals surface area contributed by atoms with Gasteiger partial charge in [0.15, 0.2) is 12.0 Å². The summed E-state index contributed by atoms with van der Waals surface area (Å²) in [6.07, 6.45) is 3.05. The van der Waals surface area contributed by atoms with Crippen molar-refractivity contribution in [1.29, 1.82) is 0 Å². The monoisotopic (exact) mass is 260 g/mol. The Hall–Kier alpha value is -1.79. The van der Waals surface area contributed by atoms with E-state index in [1.807, 2.05) is 13.8 Å². The fraction of sp³-hybridized carbons (Fsp3) is 0.438. The minimum Gasteiger partial charge on any atom is -0.458 e. The van der Waals surface area contributed by atoms with Gasteiger partial charge in [0.2, 0.25) is 0 Å². The fourth-order valence-corrected chi connectivity index (χ4v) is 1.94. The van der Waals surface area contributed by atoms with Crippen LogP contribution >= 0.6 is 0 Å². The molecule has 1 aromatic rings. The standard InChI is InChI=1S/C16H20O3/c1-12(2)14(7-5-4-6-8-17)10-16-13(3)9-15(11-18)19-16/h9,11,14,17H,1,5,7-8,10H2,2-3H3/t14-/m0/s1. The van der Waals surface area contributed by atoms with Gasteiger partial charge in [-0.3, -0.25) is 4.79 Å². The Morgan fingerprint density at radius 1 is 1.58 bits per heavy atom. The quantitative estimate of drug-likeness (QED) is 0.486. The molecule has 0 spiro atoms. The molecule has 1 rings (SSSR count). The first-order valence-corrected chi connectivity index (χ1v) is 6.35. The van der Waals surface area contributed by atoms with Gasteiger partial charge in [0.1, 0.15) is 12.4 Å². The fourth-order valence-electron chi connectivity index (χ4n) is 1.94. The van der Waals surface area contributed by atoms with Gasteiger partial charge in [-0.25, -0.2) is 0 Å². The van der Waals surface area contributed by atoms with E-state index in [0.717, 1.165) is 42.4 Å². The second kappa shape index (κ2) is 7.60. The van der Waals surface area contributed by atoms with Crippen molar-refractivity contribution in [3.8, 4) is 11.8 Å². The normalized spacial score (nSPS) is 11.5. The lowest BCUT2D eigenvalue weighted by molar-refractivity contribution is 0.109. The van der Waals surface area contributed by atoms with Crippen LogP contribution in [0.25, 0.3) is 0 Å². The molecular formula is C16H20O3. The Morgan fingerprint density at radius 3 is 2.84 bits per heavy atom. The topological polar surface area (TPSA) is 50.4 Å². The van der Waals surface area contributed by atoms with E-state index in [-0.39, 0.29) is 12.5 Å². The van der Waals surface area contributed by atoms with E-state index in [2.05, 4.69) is 18.4 Å². The molecule has 0 saturated heterocycles. The van der Waals surface area contributed by atoms with Gasteiger partial charge in [-0.2, -0.15) is 0 Å². The summed E-state index contributed by atoms with van der Waals surface area (Å²) in [6, 6.07) is 1.75. The van der Waals surface area contributed by atoms with Crippen LogP contribution in [-0.2, 0) is 6.42 Å². The van der Waals surface area contributed by atoms with Crippen LogP contribution in [0.5, 0.6) is 0 Å². The summed E-state index contributed by atoms with van der Waals surface area (Å²) in [5.74, 6) is 7.03. The summed E-state index contributed by atoms with van der Waals surface area (Å²) in [4.78, 5) is 10.7. The molecule has 1 heterocycles. The molecule has 0 aliphatic carbocycles. The molecule has 0 aromatic carbocycles. The third kappa shape index (κ3) is 4.76. The second-order valence-corrected chi connectivity index (χ2v) is 4.67. The number of rotatable bonds is 6. The van der Waals surface area contributed by atoms with E-state index in [1.165, 1.54) is 0 Å². The molecule has 0 fully saturated rings. The molecular weight excluding hydrogens is 240 g/mol. The summed E-state index contributed by atoms with van der Waals surface area (Å²) in [7, 11) is 0. The molecule has 0 aliphatic heterocycles. The number of aldehydes is 1. The Bertz CT molecular complexity index is 500. The highest BCUT2D eigenvalue weighted by atomic mass is 16.3. The molecule has 0 unspecified atom stereocenters. The van der Waals surface area contributed by atoms with Crippen molar-refractivity contribution in [2.75, 3.05) is 6.61 Å². The van der Waals surface area contributed by atoms with E-state index in [9.17, 15) is 4.79 Å². The average molecular weight is 260 g/mol. The van der Waals surface area contributed by atoms with Crippen molar-refractivity contribution < 1.29 is 14.3 Å². The van der Waals surface area contributed by atoms with E-state index in [0.29, 0.717) is 5.76 Å². The number of hydrogen-bond acceptors (Lipinski definition) is 3. The number of hydrogen-bond donors (Lipinski definition) is 1. The predicted molar refractivity (Wildman–Crippen MR) is 74.9 cm³/mol. The van der Waals surface area contributed by atoms with Gasteiger partial charge in [-0.05, 0) is 37.8 Å². The zero-order chi connectivity index (χ0) is 14.3. The zero-order valence-corrected chi connectivity index (χ0v) is 11.5. The lowest BCUT2D eigenvalue weighted by atomic mass is 9.91. The Balaban J connectivity index is 2.69. The van der Waals surface area contributed by atoms with Crippen LogP contribution in [0.15, 0.2) is 22.6 Å².